The second-order valence-corrected chi connectivity index (χ2v) is 8.70. The summed E-state index contributed by atoms with van der Waals surface area (Å²) in [4.78, 5) is 28.2. The summed E-state index contributed by atoms with van der Waals surface area (Å²) in [6, 6.07) is 27.0. The van der Waals surface area contributed by atoms with Crippen molar-refractivity contribution in [3.8, 4) is 0 Å². The van der Waals surface area contributed by atoms with E-state index in [4.69, 9.17) is 18.7 Å². The average molecular weight is 551 g/mol. The first kappa shape index (κ1) is 30.5. The number of hydrogen-bond donors (Lipinski definition) is 3. The Labute approximate surface area is 251 Å². The molecule has 0 fully saturated rings. The van der Waals surface area contributed by atoms with Gasteiger partial charge in [0.1, 0.15) is 22.9 Å². The Morgan fingerprint density at radius 2 is 1.20 bits per heavy atom. The summed E-state index contributed by atoms with van der Waals surface area (Å²) in [6.07, 6.45) is 1.43. The van der Waals surface area contributed by atoms with Gasteiger partial charge in [-0.05, 0) is 18.1 Å². The van der Waals surface area contributed by atoms with Crippen LogP contribution in [-0.4, -0.2) is 39.1 Å². The maximum atomic E-state index is 11.6. The van der Waals surface area contributed by atoms with Gasteiger partial charge in [0.2, 0.25) is 0 Å². The minimum atomic E-state index is -0.981. The van der Waals surface area contributed by atoms with Crippen LogP contribution in [0.15, 0.2) is 93.8 Å². The molecule has 0 unspecified atom stereocenters. The van der Waals surface area contributed by atoms with Crippen molar-refractivity contribution in [3.05, 3.63) is 119 Å². The fraction of sp³-hybridized carbons (Fsp3) is 0.133. The molecule has 2 aromatic carbocycles. The number of rotatable bonds is 7. The number of H-pyrrole nitrogens is 2. The molecule has 4 N–H and O–H groups in total. The number of carboxylic acid groups (broad SMARTS) is 1. The molecule has 4 heterocycles. The molecule has 0 radical (unpaired) electrons. The van der Waals surface area contributed by atoms with Crippen LogP contribution in [0.4, 0.5) is 0 Å². The zero-order valence-corrected chi connectivity index (χ0v) is 24.1. The third-order valence-corrected chi connectivity index (χ3v) is 5.88. The van der Waals surface area contributed by atoms with Crippen molar-refractivity contribution in [2.24, 2.45) is 0 Å². The molecule has 0 atom stereocenters. The van der Waals surface area contributed by atoms with E-state index in [0.29, 0.717) is 29.9 Å². The van der Waals surface area contributed by atoms with Crippen LogP contribution in [0.2, 0.25) is 0 Å². The van der Waals surface area contributed by atoms with Crippen LogP contribution in [0, 0.1) is 0 Å². The van der Waals surface area contributed by atoms with Crippen molar-refractivity contribution in [1.29, 1.82) is 0 Å². The molecular formula is C30H27N2NaO7. The van der Waals surface area contributed by atoms with Crippen molar-refractivity contribution < 1.29 is 63.3 Å². The van der Waals surface area contributed by atoms with Gasteiger partial charge in [-0.25, -0.2) is 9.59 Å². The number of furan rings is 2. The zero-order chi connectivity index (χ0) is 26.5. The normalized spacial score (nSPS) is 10.3. The minimum Gasteiger partial charge on any atom is -0.870 e. The number of ether oxygens (including phenoxy) is 1. The Bertz CT molecular complexity index is 1620. The van der Waals surface area contributed by atoms with Crippen LogP contribution in [0.1, 0.15) is 50.5 Å². The summed E-state index contributed by atoms with van der Waals surface area (Å²) in [5.74, 6) is 0.349. The molecule has 0 saturated carbocycles. The number of carbonyl (C=O) groups is 2. The predicted octanol–water partition coefficient (Wildman–Crippen LogP) is 3.41. The van der Waals surface area contributed by atoms with E-state index < -0.39 is 5.97 Å². The number of fused-ring (bicyclic) bond motifs is 2. The molecule has 0 saturated heterocycles. The van der Waals surface area contributed by atoms with E-state index in [2.05, 4.69) is 22.1 Å². The summed E-state index contributed by atoms with van der Waals surface area (Å²) in [6.45, 7) is 2.14. The molecule has 200 valence electrons. The summed E-state index contributed by atoms with van der Waals surface area (Å²) in [5, 5.41) is 8.84. The molecule has 0 aliphatic rings. The number of aromatic carboxylic acids is 1. The number of carboxylic acids is 1. The predicted molar refractivity (Wildman–Crippen MR) is 144 cm³/mol. The van der Waals surface area contributed by atoms with Crippen LogP contribution in [0.25, 0.3) is 22.2 Å². The number of nitrogens with one attached hydrogen (secondary N) is 2. The second-order valence-electron chi connectivity index (χ2n) is 8.70. The van der Waals surface area contributed by atoms with Crippen molar-refractivity contribution in [1.82, 2.24) is 9.97 Å². The van der Waals surface area contributed by atoms with Crippen LogP contribution in [-0.2, 0) is 17.6 Å². The van der Waals surface area contributed by atoms with E-state index in [1.165, 1.54) is 11.6 Å². The molecule has 6 rings (SSSR count). The first-order valence-corrected chi connectivity index (χ1v) is 12.2. The molecule has 40 heavy (non-hydrogen) atoms. The second kappa shape index (κ2) is 13.9. The first-order chi connectivity index (χ1) is 18.5. The van der Waals surface area contributed by atoms with E-state index in [1.807, 2.05) is 60.7 Å². The molecule has 6 aromatic rings. The summed E-state index contributed by atoms with van der Waals surface area (Å²) in [5.41, 5.74) is 5.72. The van der Waals surface area contributed by atoms with Crippen LogP contribution >= 0.6 is 0 Å². The van der Waals surface area contributed by atoms with Crippen molar-refractivity contribution >= 4 is 34.1 Å². The molecule has 0 aliphatic carbocycles. The Hall–Kier alpha value is -4.02. The number of aromatic nitrogens is 2. The smallest absolute Gasteiger partial charge is 0.870 e. The number of carbonyl (C=O) groups excluding carboxylic acids is 1. The van der Waals surface area contributed by atoms with Gasteiger partial charge < -0.3 is 34.1 Å². The van der Waals surface area contributed by atoms with E-state index in [-0.39, 0.29) is 46.7 Å². The number of benzene rings is 2. The third-order valence-electron chi connectivity index (χ3n) is 5.88. The quantitative estimate of drug-likeness (QED) is 0.204. The molecule has 0 spiro atoms. The Balaban J connectivity index is 0.000000211. The standard InChI is InChI=1S/C16H15NO3.C14H11NO3.Na.H2O/c1-2-19-16(18)14-10-15-13(17-14)9-12(20-15)8-11-6-4-3-5-7-11;16-14(17)12-8-13-11(15-12)7-10(18-13)6-9-4-2-1-3-5-9;;/h3-7,9-10,17H,2,8H2,1H3;1-5,7-8,15H,6H2,(H,16,17);;1H2/q;;+1;/p-1. The van der Waals surface area contributed by atoms with Gasteiger partial charge in [-0.15, -0.1) is 0 Å². The first-order valence-electron chi connectivity index (χ1n) is 12.2. The minimum absolute atomic E-state index is 0. The third kappa shape index (κ3) is 7.34. The number of aromatic amines is 2. The fourth-order valence-electron chi connectivity index (χ4n) is 4.15. The molecule has 9 nitrogen and oxygen atoms in total. The Morgan fingerprint density at radius 3 is 1.62 bits per heavy atom. The molecule has 0 bridgehead atoms. The Kier molecular flexibility index (Phi) is 10.6. The van der Waals surface area contributed by atoms with E-state index in [9.17, 15) is 9.59 Å². The number of esters is 1. The average Bonchev–Trinajstić information content (AvgIpc) is 3.66. The van der Waals surface area contributed by atoms with Gasteiger partial charge >= 0.3 is 41.5 Å². The summed E-state index contributed by atoms with van der Waals surface area (Å²) in [7, 11) is 0. The molecule has 0 aliphatic heterocycles. The van der Waals surface area contributed by atoms with Crippen molar-refractivity contribution in [2.75, 3.05) is 6.61 Å². The van der Waals surface area contributed by atoms with E-state index >= 15 is 0 Å². The monoisotopic (exact) mass is 550 g/mol. The van der Waals surface area contributed by atoms with E-state index in [1.54, 1.807) is 13.0 Å². The van der Waals surface area contributed by atoms with Gasteiger partial charge in [0.15, 0.2) is 11.2 Å². The van der Waals surface area contributed by atoms with Gasteiger partial charge in [-0.2, -0.15) is 0 Å². The van der Waals surface area contributed by atoms with Crippen molar-refractivity contribution in [2.45, 2.75) is 19.8 Å². The Morgan fingerprint density at radius 1 is 0.750 bits per heavy atom. The topological polar surface area (TPSA) is 151 Å². The van der Waals surface area contributed by atoms with Crippen LogP contribution in [0.3, 0.4) is 0 Å². The van der Waals surface area contributed by atoms with Crippen LogP contribution < -0.4 is 29.6 Å². The molecule has 10 heteroatoms. The van der Waals surface area contributed by atoms with E-state index in [0.717, 1.165) is 34.5 Å². The molecule has 0 amide bonds. The van der Waals surface area contributed by atoms with Gasteiger partial charge in [0.25, 0.3) is 0 Å². The zero-order valence-electron chi connectivity index (χ0n) is 22.1. The molecule has 4 aromatic heterocycles. The summed E-state index contributed by atoms with van der Waals surface area (Å²) < 4.78 is 16.3. The van der Waals surface area contributed by atoms with Crippen LogP contribution in [0.5, 0.6) is 0 Å². The molecular weight excluding hydrogens is 523 g/mol. The SMILES string of the molecule is CCOC(=O)c1cc2oc(Cc3ccccc3)cc2[nH]1.O=C(O)c1cc2oc(Cc3ccccc3)cc2[nH]1.[Na+].[OH-]. The van der Waals surface area contributed by atoms with Gasteiger partial charge in [0, 0.05) is 37.1 Å². The fourth-order valence-corrected chi connectivity index (χ4v) is 4.15. The van der Waals surface area contributed by atoms with Crippen molar-refractivity contribution in [3.63, 3.8) is 0 Å². The number of hydrogen-bond acceptors (Lipinski definition) is 6. The van der Waals surface area contributed by atoms with Gasteiger partial charge in [-0.3, -0.25) is 0 Å². The maximum Gasteiger partial charge on any atom is 1.00 e. The summed E-state index contributed by atoms with van der Waals surface area (Å²) >= 11 is 0. The van der Waals surface area contributed by atoms with Gasteiger partial charge in [0.05, 0.1) is 17.6 Å². The maximum absolute atomic E-state index is 11.6. The van der Waals surface area contributed by atoms with Gasteiger partial charge in [-0.1, -0.05) is 60.7 Å². The largest absolute Gasteiger partial charge is 1.00 e.